The number of piperidine rings is 1. The van der Waals surface area contributed by atoms with Crippen molar-refractivity contribution in [2.45, 2.75) is 39.3 Å². The molecule has 2 aromatic rings. The van der Waals surface area contributed by atoms with E-state index < -0.39 is 0 Å². The minimum Gasteiger partial charge on any atom is -0.356 e. The zero-order valence-electron chi connectivity index (χ0n) is 16.1. The second-order valence-electron chi connectivity index (χ2n) is 6.89. The first-order chi connectivity index (χ1) is 12.6. The summed E-state index contributed by atoms with van der Waals surface area (Å²) < 4.78 is 0. The summed E-state index contributed by atoms with van der Waals surface area (Å²) in [5.41, 5.74) is 1.11. The minimum absolute atomic E-state index is 0.501. The van der Waals surface area contributed by atoms with Gasteiger partial charge in [0.15, 0.2) is 5.96 Å². The van der Waals surface area contributed by atoms with Gasteiger partial charge >= 0.3 is 0 Å². The van der Waals surface area contributed by atoms with E-state index in [-0.39, 0.29) is 0 Å². The van der Waals surface area contributed by atoms with Crippen LogP contribution in [-0.2, 0) is 6.54 Å². The van der Waals surface area contributed by atoms with Gasteiger partial charge in [-0.25, -0.2) is 4.98 Å². The van der Waals surface area contributed by atoms with Gasteiger partial charge in [-0.05, 0) is 57.6 Å². The fourth-order valence-electron chi connectivity index (χ4n) is 3.73. The van der Waals surface area contributed by atoms with Gasteiger partial charge in [0, 0.05) is 29.4 Å². The summed E-state index contributed by atoms with van der Waals surface area (Å²) in [4.78, 5) is 14.1. The molecule has 2 atom stereocenters. The summed E-state index contributed by atoms with van der Waals surface area (Å²) in [5, 5.41) is 10.3. The van der Waals surface area contributed by atoms with Gasteiger partial charge in [0.25, 0.3) is 0 Å². The SMILES string of the molecule is CN=C(NCc1sc(C)nc1C)NCC1CCCN(C)C1c1cccs1. The van der Waals surface area contributed by atoms with Crippen molar-refractivity contribution in [1.82, 2.24) is 20.5 Å². The molecule has 2 unspecified atom stereocenters. The molecule has 5 nitrogen and oxygen atoms in total. The molecular formula is C19H29N5S2. The van der Waals surface area contributed by atoms with E-state index in [2.05, 4.69) is 63.9 Å². The maximum atomic E-state index is 4.49. The highest BCUT2D eigenvalue weighted by Gasteiger charge is 2.31. The number of likely N-dealkylation sites (tertiary alicyclic amines) is 1. The van der Waals surface area contributed by atoms with Crippen LogP contribution in [0.4, 0.5) is 0 Å². The topological polar surface area (TPSA) is 52.6 Å². The van der Waals surface area contributed by atoms with Crippen molar-refractivity contribution >= 4 is 28.6 Å². The molecule has 1 aliphatic rings. The second-order valence-corrected chi connectivity index (χ2v) is 9.16. The molecule has 2 aromatic heterocycles. The van der Waals surface area contributed by atoms with Gasteiger partial charge in [-0.2, -0.15) is 0 Å². The van der Waals surface area contributed by atoms with Gasteiger partial charge in [0.05, 0.1) is 17.2 Å². The molecule has 0 aliphatic carbocycles. The van der Waals surface area contributed by atoms with Crippen LogP contribution >= 0.6 is 22.7 Å². The summed E-state index contributed by atoms with van der Waals surface area (Å²) in [5.74, 6) is 1.46. The molecule has 7 heteroatoms. The number of aromatic nitrogens is 1. The van der Waals surface area contributed by atoms with Gasteiger partial charge < -0.3 is 10.6 Å². The number of aliphatic imine (C=N–C) groups is 1. The third kappa shape index (κ3) is 4.64. The normalized spacial score (nSPS) is 21.8. The number of hydrogen-bond donors (Lipinski definition) is 2. The summed E-state index contributed by atoms with van der Waals surface area (Å²) in [6, 6.07) is 4.93. The van der Waals surface area contributed by atoms with Crippen molar-refractivity contribution in [3.63, 3.8) is 0 Å². The molecule has 142 valence electrons. The molecule has 26 heavy (non-hydrogen) atoms. The van der Waals surface area contributed by atoms with Crippen molar-refractivity contribution in [2.75, 3.05) is 27.2 Å². The van der Waals surface area contributed by atoms with Crippen molar-refractivity contribution in [1.29, 1.82) is 0 Å². The molecule has 1 saturated heterocycles. The lowest BCUT2D eigenvalue weighted by Crippen LogP contribution is -2.44. The van der Waals surface area contributed by atoms with E-state index in [4.69, 9.17) is 0 Å². The van der Waals surface area contributed by atoms with Gasteiger partial charge in [-0.1, -0.05) is 6.07 Å². The molecule has 1 aliphatic heterocycles. The molecule has 0 saturated carbocycles. The van der Waals surface area contributed by atoms with Crippen molar-refractivity contribution in [3.8, 4) is 0 Å². The standard InChI is InChI=1S/C19H29N5S2/c1-13-17(26-14(2)23-13)12-22-19(20-3)21-11-15-7-5-9-24(4)18(15)16-8-6-10-25-16/h6,8,10,15,18H,5,7,9,11-12H2,1-4H3,(H2,20,21,22). The van der Waals surface area contributed by atoms with Crippen LogP contribution in [0.15, 0.2) is 22.5 Å². The molecular weight excluding hydrogens is 362 g/mol. The van der Waals surface area contributed by atoms with Gasteiger partial charge in [-0.15, -0.1) is 22.7 Å². The Morgan fingerprint density at radius 2 is 2.23 bits per heavy atom. The molecule has 0 spiro atoms. The van der Waals surface area contributed by atoms with E-state index in [1.54, 1.807) is 11.3 Å². The quantitative estimate of drug-likeness (QED) is 0.604. The predicted molar refractivity (Wildman–Crippen MR) is 112 cm³/mol. The molecule has 2 N–H and O–H groups in total. The Hall–Kier alpha value is -1.44. The highest BCUT2D eigenvalue weighted by atomic mass is 32.1. The van der Waals surface area contributed by atoms with Crippen LogP contribution in [0, 0.1) is 19.8 Å². The number of guanidine groups is 1. The molecule has 0 aromatic carbocycles. The average molecular weight is 392 g/mol. The summed E-state index contributed by atoms with van der Waals surface area (Å²) >= 11 is 3.62. The first-order valence-corrected chi connectivity index (χ1v) is 10.9. The number of rotatable bonds is 5. The Kier molecular flexibility index (Phi) is 6.67. The number of aryl methyl sites for hydroxylation is 2. The second kappa shape index (κ2) is 8.97. The van der Waals surface area contributed by atoms with Crippen molar-refractivity contribution < 1.29 is 0 Å². The van der Waals surface area contributed by atoms with Gasteiger partial charge in [0.1, 0.15) is 0 Å². The van der Waals surface area contributed by atoms with E-state index in [1.807, 2.05) is 18.4 Å². The third-order valence-electron chi connectivity index (χ3n) is 5.01. The molecule has 3 rings (SSSR count). The number of thiazole rings is 1. The number of thiophene rings is 1. The zero-order valence-corrected chi connectivity index (χ0v) is 17.7. The van der Waals surface area contributed by atoms with E-state index in [0.29, 0.717) is 12.0 Å². The fourth-order valence-corrected chi connectivity index (χ4v) is 5.59. The highest BCUT2D eigenvalue weighted by molar-refractivity contribution is 7.11. The van der Waals surface area contributed by atoms with Crippen LogP contribution < -0.4 is 10.6 Å². The van der Waals surface area contributed by atoms with Crippen LogP contribution in [0.25, 0.3) is 0 Å². The lowest BCUT2D eigenvalue weighted by molar-refractivity contribution is 0.125. The number of nitrogens with one attached hydrogen (secondary N) is 2. The number of nitrogens with zero attached hydrogens (tertiary/aromatic N) is 3. The Bertz CT molecular complexity index is 722. The Balaban J connectivity index is 1.57. The molecule has 0 amide bonds. The Labute approximate surface area is 164 Å². The van der Waals surface area contributed by atoms with Gasteiger partial charge in [0.2, 0.25) is 0 Å². The Morgan fingerprint density at radius 1 is 1.38 bits per heavy atom. The van der Waals surface area contributed by atoms with Crippen LogP contribution in [0.2, 0.25) is 0 Å². The monoisotopic (exact) mass is 391 g/mol. The molecule has 0 bridgehead atoms. The molecule has 1 fully saturated rings. The zero-order chi connectivity index (χ0) is 18.5. The van der Waals surface area contributed by atoms with E-state index in [0.717, 1.165) is 29.8 Å². The minimum atomic E-state index is 0.501. The smallest absolute Gasteiger partial charge is 0.191 e. The van der Waals surface area contributed by atoms with E-state index in [9.17, 15) is 0 Å². The van der Waals surface area contributed by atoms with Crippen LogP contribution in [-0.4, -0.2) is 43.0 Å². The maximum Gasteiger partial charge on any atom is 0.191 e. The highest BCUT2D eigenvalue weighted by Crippen LogP contribution is 2.36. The third-order valence-corrected chi connectivity index (χ3v) is 7.03. The lowest BCUT2D eigenvalue weighted by Gasteiger charge is -2.39. The van der Waals surface area contributed by atoms with Crippen LogP contribution in [0.1, 0.15) is 39.3 Å². The molecule has 3 heterocycles. The summed E-state index contributed by atoms with van der Waals surface area (Å²) in [6.07, 6.45) is 2.51. The predicted octanol–water partition coefficient (Wildman–Crippen LogP) is 3.57. The fraction of sp³-hybridized carbons (Fsp3) is 0.579. The first kappa shape index (κ1) is 19.3. The van der Waals surface area contributed by atoms with Crippen molar-refractivity contribution in [3.05, 3.63) is 38.0 Å². The van der Waals surface area contributed by atoms with E-state index >= 15 is 0 Å². The average Bonchev–Trinajstić information content (AvgIpc) is 3.25. The number of hydrogen-bond acceptors (Lipinski definition) is 5. The Morgan fingerprint density at radius 3 is 2.88 bits per heavy atom. The first-order valence-electron chi connectivity index (χ1n) is 9.19. The van der Waals surface area contributed by atoms with Gasteiger partial charge in [-0.3, -0.25) is 9.89 Å². The van der Waals surface area contributed by atoms with Crippen LogP contribution in [0.5, 0.6) is 0 Å². The van der Waals surface area contributed by atoms with E-state index in [1.165, 1.54) is 29.1 Å². The largest absolute Gasteiger partial charge is 0.356 e. The lowest BCUT2D eigenvalue weighted by atomic mass is 9.88. The summed E-state index contributed by atoms with van der Waals surface area (Å²) in [7, 11) is 4.09. The maximum absolute atomic E-state index is 4.49. The molecule has 0 radical (unpaired) electrons. The summed E-state index contributed by atoms with van der Waals surface area (Å²) in [6.45, 7) is 7.01. The van der Waals surface area contributed by atoms with Crippen LogP contribution in [0.3, 0.4) is 0 Å². The van der Waals surface area contributed by atoms with Crippen molar-refractivity contribution in [2.24, 2.45) is 10.9 Å².